The Kier molecular flexibility index (Phi) is 26.2. The second-order valence-electron chi connectivity index (χ2n) is 26.5. The maximum absolute atomic E-state index is 13.3. The number of fused-ring (bicyclic) bond motifs is 4. The van der Waals surface area contributed by atoms with Gasteiger partial charge in [0.2, 0.25) is 0 Å². The molecule has 12 aromatic rings. The Morgan fingerprint density at radius 3 is 1.18 bits per heavy atom. The number of ether oxygens (including phenoxy) is 3. The molecule has 0 unspecified atom stereocenters. The molecule has 0 atom stereocenters. The quantitative estimate of drug-likeness (QED) is 0.0337. The third kappa shape index (κ3) is 22.1. The summed E-state index contributed by atoms with van der Waals surface area (Å²) in [4.78, 5) is 118. The van der Waals surface area contributed by atoms with Gasteiger partial charge in [-0.3, -0.25) is 50.0 Å². The molecule has 0 spiro atoms. The highest BCUT2D eigenvalue weighted by Crippen LogP contribution is 2.28. The highest BCUT2D eigenvalue weighted by Gasteiger charge is 2.27. The van der Waals surface area contributed by atoms with Crippen molar-refractivity contribution in [2.24, 2.45) is 14.1 Å². The number of nitrogens with one attached hydrogen (secondary N) is 9. The van der Waals surface area contributed by atoms with E-state index in [1.165, 1.54) is 107 Å². The van der Waals surface area contributed by atoms with Gasteiger partial charge in [0, 0.05) is 40.3 Å². The molecule has 0 aliphatic rings. The van der Waals surface area contributed by atoms with E-state index in [4.69, 9.17) is 66.3 Å². The van der Waals surface area contributed by atoms with Gasteiger partial charge in [-0.2, -0.15) is 20.4 Å². The molecule has 8 heterocycles. The van der Waals surface area contributed by atoms with Crippen molar-refractivity contribution >= 4 is 156 Å². The number of rotatable bonds is 15. The van der Waals surface area contributed by atoms with Crippen LogP contribution >= 0.6 is 46.4 Å². The molecule has 0 saturated carbocycles. The summed E-state index contributed by atoms with van der Waals surface area (Å²) in [5.41, 5.74) is 8.71. The zero-order valence-corrected chi connectivity index (χ0v) is 63.5. The second-order valence-corrected chi connectivity index (χ2v) is 28.1. The summed E-state index contributed by atoms with van der Waals surface area (Å²) < 4.78 is 71.3. The van der Waals surface area contributed by atoms with Crippen LogP contribution in [0.4, 0.5) is 55.2 Å². The van der Waals surface area contributed by atoms with Crippen LogP contribution in [0, 0.1) is 23.3 Å². The predicted octanol–water partition coefficient (Wildman–Crippen LogP) is 11.9. The molecule has 7 amide bonds. The summed E-state index contributed by atoms with van der Waals surface area (Å²) in [7, 11) is 3.19. The van der Waals surface area contributed by atoms with Crippen molar-refractivity contribution in [3.8, 4) is 0 Å². The van der Waals surface area contributed by atoms with Crippen molar-refractivity contribution in [1.29, 1.82) is 0 Å². The number of halogens is 8. The minimum Gasteiger partial charge on any atom is -0.444 e. The van der Waals surface area contributed by atoms with Crippen molar-refractivity contribution in [2.75, 3.05) is 21.7 Å². The van der Waals surface area contributed by atoms with Gasteiger partial charge < -0.3 is 41.2 Å². The molecule has 11 N–H and O–H groups in total. The molecular weight excluding hydrogens is 1540 g/mol. The number of aromatic nitrogens is 16. The van der Waals surface area contributed by atoms with Gasteiger partial charge in [-0.05, 0) is 133 Å². The number of H-pyrrole nitrogens is 2. The van der Waals surface area contributed by atoms with Crippen LogP contribution in [0.3, 0.4) is 0 Å². The van der Waals surface area contributed by atoms with Gasteiger partial charge in [0.25, 0.3) is 23.6 Å². The monoisotopic (exact) mass is 1610 g/mol. The lowest BCUT2D eigenvalue weighted by atomic mass is 10.2. The number of aromatic amines is 2. The first-order valence-electron chi connectivity index (χ1n) is 32.7. The van der Waals surface area contributed by atoms with E-state index in [-0.39, 0.29) is 120 Å². The smallest absolute Gasteiger partial charge is 0.413 e. The first kappa shape index (κ1) is 82.5. The van der Waals surface area contributed by atoms with Crippen molar-refractivity contribution in [2.45, 2.75) is 105 Å². The fourth-order valence-electron chi connectivity index (χ4n) is 9.65. The maximum atomic E-state index is 13.3. The van der Waals surface area contributed by atoms with E-state index in [0.717, 1.165) is 0 Å². The minimum absolute atomic E-state index is 0.00230. The lowest BCUT2D eigenvalue weighted by Gasteiger charge is -2.19. The minimum atomic E-state index is -0.705. The molecule has 12 rings (SSSR count). The van der Waals surface area contributed by atoms with Gasteiger partial charge in [-0.25, -0.2) is 76.5 Å². The molecule has 111 heavy (non-hydrogen) atoms. The Labute approximate surface area is 646 Å². The largest absolute Gasteiger partial charge is 0.444 e. The van der Waals surface area contributed by atoms with Gasteiger partial charge in [-0.15, -0.1) is 0 Å². The number of amides is 7. The molecule has 0 aliphatic carbocycles. The number of anilines is 4. The Hall–Kier alpha value is -12.6. The molecule has 0 fully saturated rings. The molecule has 34 nitrogen and oxygen atoms in total. The molecule has 580 valence electrons. The average molecular weight is 1610 g/mol. The molecule has 0 bridgehead atoms. The Balaban J connectivity index is 0.000000171. The SMILES string of the molecule is CC(C)(C)OC(=O)Nc1n[nH]c2c(C(=O)NCc3ccc(F)c(Cl)c3)ncnc12.Cn1nc(NC(=O)OC(C)(C)C)c2ncnc(C(=O)NCc3ccc(F)c(Cl)c3)c21.Cn1nc2c(C(=O)NCc3ccc(F)c(Cl)c3)ncnc2c1NC(=O)OC(C)(C)C.Nc1n[nH]c2c(C(=O)NCc3ccc(F)c(Cl)c3)ncnc12. The van der Waals surface area contributed by atoms with Crippen molar-refractivity contribution in [3.63, 3.8) is 0 Å². The number of nitrogens with two attached hydrogens (primary N) is 1. The number of hydrogen-bond donors (Lipinski definition) is 10. The van der Waals surface area contributed by atoms with E-state index in [1.807, 2.05) is 0 Å². The zero-order valence-electron chi connectivity index (χ0n) is 60.5. The van der Waals surface area contributed by atoms with E-state index in [2.05, 4.69) is 108 Å². The van der Waals surface area contributed by atoms with Crippen LogP contribution in [-0.2, 0) is 54.5 Å². The summed E-state index contributed by atoms with van der Waals surface area (Å²) in [5, 5.41) is 39.7. The molecule has 0 aliphatic heterocycles. The molecule has 4 aromatic carbocycles. The third-order valence-corrected chi connectivity index (χ3v) is 15.6. The van der Waals surface area contributed by atoms with E-state index in [1.54, 1.807) is 76.4 Å². The summed E-state index contributed by atoms with van der Waals surface area (Å²) in [6, 6.07) is 16.7. The van der Waals surface area contributed by atoms with Crippen LogP contribution in [-0.4, -0.2) is 139 Å². The van der Waals surface area contributed by atoms with Gasteiger partial charge in [0.05, 0.1) is 20.1 Å². The van der Waals surface area contributed by atoms with Gasteiger partial charge >= 0.3 is 18.3 Å². The topological polar surface area (TPSA) is 454 Å². The number of nitrogen functional groups attached to an aromatic ring is 1. The van der Waals surface area contributed by atoms with Crippen LogP contribution in [0.15, 0.2) is 98.1 Å². The van der Waals surface area contributed by atoms with Crippen LogP contribution in [0.1, 0.15) is 127 Å². The van der Waals surface area contributed by atoms with Crippen LogP contribution in [0.2, 0.25) is 20.1 Å². The predicted molar refractivity (Wildman–Crippen MR) is 400 cm³/mol. The Bertz CT molecular complexity index is 5530. The van der Waals surface area contributed by atoms with Crippen LogP contribution < -0.4 is 43.0 Å². The Morgan fingerprint density at radius 2 is 0.757 bits per heavy atom. The molecule has 8 aromatic heterocycles. The maximum Gasteiger partial charge on any atom is 0.413 e. The molecule has 0 saturated heterocycles. The summed E-state index contributed by atoms with van der Waals surface area (Å²) >= 11 is 23.0. The number of carbonyl (C=O) groups excluding carboxylic acids is 7. The first-order valence-corrected chi connectivity index (χ1v) is 34.2. The van der Waals surface area contributed by atoms with E-state index in [0.29, 0.717) is 38.8 Å². The van der Waals surface area contributed by atoms with E-state index >= 15 is 0 Å². The van der Waals surface area contributed by atoms with Crippen molar-refractivity contribution in [1.82, 2.24) is 101 Å². The fourth-order valence-corrected chi connectivity index (χ4v) is 10.5. The lowest BCUT2D eigenvalue weighted by molar-refractivity contribution is 0.0623. The number of hydrogen-bond acceptors (Lipinski definition) is 23. The molecule has 42 heteroatoms. The number of carbonyl (C=O) groups is 7. The van der Waals surface area contributed by atoms with E-state index < -0.39 is 82.0 Å². The van der Waals surface area contributed by atoms with Gasteiger partial charge in [0.15, 0.2) is 46.0 Å². The van der Waals surface area contributed by atoms with Crippen LogP contribution in [0.25, 0.3) is 44.1 Å². The first-order chi connectivity index (χ1) is 52.3. The zero-order chi connectivity index (χ0) is 81.0. The lowest BCUT2D eigenvalue weighted by Crippen LogP contribution is -2.28. The second kappa shape index (κ2) is 35.2. The van der Waals surface area contributed by atoms with E-state index in [9.17, 15) is 51.1 Å². The standard InChI is InChI=1S/2C19H20ClFN6O3.C18H18ClFN6O3.C13H10ClFN6O/c1-19(2,3)30-18(29)25-16-13-15(27(4)26-16)14(24-9-23-13)17(28)22-8-10-5-6-12(21)11(20)7-10;1-19(2,3)30-18(29)25-16-14-13(26-27(16)4)15(24-9-23-14)17(28)22-8-10-5-6-12(21)11(20)7-10;1-18(2,3)29-17(28)24-15-13-12(25-26-15)14(23-8-22-13)16(27)21-7-9-4-5-11(20)10(19)6-9;14-7-3-6(1-2-8(7)15)4-17-13(22)11-9-10(18-5-19-11)12(16)21-20-9/h5-7,9H,8H2,1-4H3,(H,22,28)(H,25,26,29);5-7,9H,8H2,1-4H3,(H,22,28)(H,25,29);4-6,8H,7H2,1-3H3,(H,21,27)(H2,24,25,26,28);1-3,5H,4H2,(H,17,22)(H3,16,20,21). The fraction of sp³-hybridized carbons (Fsp3) is 0.261. The van der Waals surface area contributed by atoms with Gasteiger partial charge in [-0.1, -0.05) is 70.7 Å². The number of benzene rings is 4. The number of nitrogens with zero attached hydrogens (tertiary/aromatic N) is 14. The summed E-state index contributed by atoms with van der Waals surface area (Å²) in [6.07, 6.45) is 2.75. The molecule has 0 radical (unpaired) electrons. The van der Waals surface area contributed by atoms with Crippen molar-refractivity contribution in [3.05, 3.63) is 186 Å². The molecular formula is C69H68Cl4F4N24O10. The van der Waals surface area contributed by atoms with Crippen molar-refractivity contribution < 1.29 is 65.3 Å². The normalized spacial score (nSPS) is 11.3. The highest BCUT2D eigenvalue weighted by molar-refractivity contribution is 6.31. The average Bonchev–Trinajstić information content (AvgIpc) is 1.65. The number of aryl methyl sites for hydroxylation is 2. The Morgan fingerprint density at radius 1 is 0.414 bits per heavy atom. The summed E-state index contributed by atoms with van der Waals surface area (Å²) in [6.45, 7) is 16.1. The summed E-state index contributed by atoms with van der Waals surface area (Å²) in [5.74, 6) is -3.37. The van der Waals surface area contributed by atoms with Crippen LogP contribution in [0.5, 0.6) is 0 Å². The third-order valence-electron chi connectivity index (χ3n) is 14.4. The van der Waals surface area contributed by atoms with Gasteiger partial charge in [0.1, 0.15) is 110 Å². The highest BCUT2D eigenvalue weighted by atomic mass is 35.5.